The number of carbonyl (C=O) groups is 1. The van der Waals surface area contributed by atoms with Crippen LogP contribution < -0.4 is 10.1 Å². The van der Waals surface area contributed by atoms with Gasteiger partial charge in [-0.2, -0.15) is 0 Å². The van der Waals surface area contributed by atoms with Crippen molar-refractivity contribution in [1.29, 1.82) is 0 Å². The molecule has 0 saturated heterocycles. The average Bonchev–Trinajstić information content (AvgIpc) is 2.99. The molecule has 0 fully saturated rings. The molecule has 4 nitrogen and oxygen atoms in total. The van der Waals surface area contributed by atoms with Gasteiger partial charge in [0, 0.05) is 19.4 Å². The van der Waals surface area contributed by atoms with Gasteiger partial charge in [-0.1, -0.05) is 18.2 Å². The third kappa shape index (κ3) is 4.16. The van der Waals surface area contributed by atoms with E-state index in [-0.39, 0.29) is 5.91 Å². The summed E-state index contributed by atoms with van der Waals surface area (Å²) < 4.78 is 10.5. The van der Waals surface area contributed by atoms with Crippen LogP contribution in [0.15, 0.2) is 47.1 Å². The van der Waals surface area contributed by atoms with E-state index in [9.17, 15) is 4.79 Å². The molecule has 1 heterocycles. The monoisotopic (exact) mass is 273 g/mol. The predicted molar refractivity (Wildman–Crippen MR) is 76.7 cm³/mol. The van der Waals surface area contributed by atoms with Crippen LogP contribution in [0.25, 0.3) is 0 Å². The summed E-state index contributed by atoms with van der Waals surface area (Å²) in [7, 11) is 1.65. The number of para-hydroxylation sites is 1. The Balaban J connectivity index is 1.71. The third-order valence-corrected chi connectivity index (χ3v) is 3.09. The van der Waals surface area contributed by atoms with Crippen LogP contribution in [0.4, 0.5) is 0 Å². The number of aryl methyl sites for hydroxylation is 1. The van der Waals surface area contributed by atoms with E-state index in [0.717, 1.165) is 23.5 Å². The summed E-state index contributed by atoms with van der Waals surface area (Å²) in [6, 6.07) is 11.5. The molecule has 1 aromatic carbocycles. The fraction of sp³-hybridized carbons (Fsp3) is 0.312. The van der Waals surface area contributed by atoms with Gasteiger partial charge < -0.3 is 14.5 Å². The Kier molecular flexibility index (Phi) is 5.24. The van der Waals surface area contributed by atoms with Crippen molar-refractivity contribution < 1.29 is 13.9 Å². The second-order valence-corrected chi connectivity index (χ2v) is 4.49. The molecule has 1 aromatic heterocycles. The van der Waals surface area contributed by atoms with Crippen molar-refractivity contribution in [2.75, 3.05) is 13.7 Å². The van der Waals surface area contributed by atoms with Gasteiger partial charge in [0.15, 0.2) is 0 Å². The standard InChI is InChI=1S/C16H19NO3/c1-19-15-7-3-2-5-13(15)10-11-17-16(18)9-8-14-6-4-12-20-14/h2-7,12H,8-11H2,1H3,(H,17,18). The van der Waals surface area contributed by atoms with E-state index in [1.54, 1.807) is 13.4 Å². The molecule has 1 N–H and O–H groups in total. The first kappa shape index (κ1) is 14.2. The summed E-state index contributed by atoms with van der Waals surface area (Å²) in [6.45, 7) is 0.608. The molecule has 2 rings (SSSR count). The maximum Gasteiger partial charge on any atom is 0.220 e. The fourth-order valence-corrected chi connectivity index (χ4v) is 2.03. The van der Waals surface area contributed by atoms with E-state index in [0.29, 0.717) is 19.4 Å². The summed E-state index contributed by atoms with van der Waals surface area (Å²) in [5.41, 5.74) is 1.10. The summed E-state index contributed by atoms with van der Waals surface area (Å²) in [6.07, 6.45) is 3.46. The smallest absolute Gasteiger partial charge is 0.220 e. The summed E-state index contributed by atoms with van der Waals surface area (Å²) in [4.78, 5) is 11.7. The van der Waals surface area contributed by atoms with E-state index in [1.807, 2.05) is 36.4 Å². The van der Waals surface area contributed by atoms with Gasteiger partial charge in [0.2, 0.25) is 5.91 Å². The topological polar surface area (TPSA) is 51.5 Å². The van der Waals surface area contributed by atoms with Crippen molar-refractivity contribution in [3.8, 4) is 5.75 Å². The van der Waals surface area contributed by atoms with Crippen LogP contribution in [0.5, 0.6) is 5.75 Å². The summed E-state index contributed by atoms with van der Waals surface area (Å²) >= 11 is 0. The molecule has 1 amide bonds. The lowest BCUT2D eigenvalue weighted by Crippen LogP contribution is -2.25. The molecule has 0 aliphatic carbocycles. The van der Waals surface area contributed by atoms with E-state index >= 15 is 0 Å². The highest BCUT2D eigenvalue weighted by Gasteiger charge is 2.05. The SMILES string of the molecule is COc1ccccc1CCNC(=O)CCc1ccco1. The first-order chi connectivity index (χ1) is 9.79. The van der Waals surface area contributed by atoms with Crippen LogP contribution in [-0.4, -0.2) is 19.6 Å². The molecular formula is C16H19NO3. The van der Waals surface area contributed by atoms with Gasteiger partial charge in [0.05, 0.1) is 13.4 Å². The predicted octanol–water partition coefficient (Wildman–Crippen LogP) is 2.58. The first-order valence-electron chi connectivity index (χ1n) is 6.70. The van der Waals surface area contributed by atoms with Gasteiger partial charge in [-0.3, -0.25) is 4.79 Å². The first-order valence-corrected chi connectivity index (χ1v) is 6.70. The molecular weight excluding hydrogens is 254 g/mol. The van der Waals surface area contributed by atoms with Gasteiger partial charge in [-0.05, 0) is 30.2 Å². The van der Waals surface area contributed by atoms with Crippen molar-refractivity contribution in [3.05, 3.63) is 54.0 Å². The number of amides is 1. The molecule has 0 aliphatic heterocycles. The number of hydrogen-bond donors (Lipinski definition) is 1. The lowest BCUT2D eigenvalue weighted by atomic mass is 10.1. The summed E-state index contributed by atoms with van der Waals surface area (Å²) in [5.74, 6) is 1.73. The largest absolute Gasteiger partial charge is 0.496 e. The zero-order valence-electron chi connectivity index (χ0n) is 11.6. The number of ether oxygens (including phenoxy) is 1. The van der Waals surface area contributed by atoms with Crippen molar-refractivity contribution in [3.63, 3.8) is 0 Å². The minimum atomic E-state index is 0.0382. The van der Waals surface area contributed by atoms with Gasteiger partial charge in [0.1, 0.15) is 11.5 Å². The Labute approximate surface area is 118 Å². The van der Waals surface area contributed by atoms with E-state index in [4.69, 9.17) is 9.15 Å². The molecule has 0 spiro atoms. The Morgan fingerprint density at radius 1 is 1.20 bits per heavy atom. The minimum absolute atomic E-state index is 0.0382. The molecule has 0 bridgehead atoms. The van der Waals surface area contributed by atoms with E-state index in [1.165, 1.54) is 0 Å². The van der Waals surface area contributed by atoms with Crippen LogP contribution in [0, 0.1) is 0 Å². The number of rotatable bonds is 7. The minimum Gasteiger partial charge on any atom is -0.496 e. The zero-order valence-corrected chi connectivity index (χ0v) is 11.6. The number of benzene rings is 1. The van der Waals surface area contributed by atoms with Crippen molar-refractivity contribution in [2.24, 2.45) is 0 Å². The van der Waals surface area contributed by atoms with Crippen LogP contribution in [0.3, 0.4) is 0 Å². The molecule has 0 saturated carbocycles. The van der Waals surface area contributed by atoms with Crippen LogP contribution >= 0.6 is 0 Å². The van der Waals surface area contributed by atoms with Crippen molar-refractivity contribution in [1.82, 2.24) is 5.32 Å². The number of hydrogen-bond acceptors (Lipinski definition) is 3. The highest BCUT2D eigenvalue weighted by Crippen LogP contribution is 2.17. The van der Waals surface area contributed by atoms with Gasteiger partial charge in [0.25, 0.3) is 0 Å². The molecule has 4 heteroatoms. The average molecular weight is 273 g/mol. The molecule has 2 aromatic rings. The maximum absolute atomic E-state index is 11.7. The van der Waals surface area contributed by atoms with Crippen LogP contribution in [-0.2, 0) is 17.6 Å². The number of carbonyl (C=O) groups excluding carboxylic acids is 1. The maximum atomic E-state index is 11.7. The highest BCUT2D eigenvalue weighted by atomic mass is 16.5. The lowest BCUT2D eigenvalue weighted by Gasteiger charge is -2.08. The number of furan rings is 1. The van der Waals surface area contributed by atoms with Crippen molar-refractivity contribution in [2.45, 2.75) is 19.3 Å². The quantitative estimate of drug-likeness (QED) is 0.843. The Bertz CT molecular complexity index is 534. The van der Waals surface area contributed by atoms with E-state index in [2.05, 4.69) is 5.32 Å². The van der Waals surface area contributed by atoms with Gasteiger partial charge in [-0.15, -0.1) is 0 Å². The van der Waals surface area contributed by atoms with Crippen LogP contribution in [0.2, 0.25) is 0 Å². The van der Waals surface area contributed by atoms with Crippen molar-refractivity contribution >= 4 is 5.91 Å². The molecule has 0 unspecified atom stereocenters. The van der Waals surface area contributed by atoms with Gasteiger partial charge in [-0.25, -0.2) is 0 Å². The van der Waals surface area contributed by atoms with Gasteiger partial charge >= 0.3 is 0 Å². The Morgan fingerprint density at radius 2 is 2.05 bits per heavy atom. The normalized spacial score (nSPS) is 10.2. The third-order valence-electron chi connectivity index (χ3n) is 3.09. The molecule has 0 radical (unpaired) electrons. The van der Waals surface area contributed by atoms with Crippen LogP contribution in [0.1, 0.15) is 17.7 Å². The summed E-state index contributed by atoms with van der Waals surface area (Å²) in [5, 5.41) is 2.91. The Hall–Kier alpha value is -2.23. The fourth-order valence-electron chi connectivity index (χ4n) is 2.03. The molecule has 106 valence electrons. The lowest BCUT2D eigenvalue weighted by molar-refractivity contribution is -0.121. The zero-order chi connectivity index (χ0) is 14.2. The number of methoxy groups -OCH3 is 1. The Morgan fingerprint density at radius 3 is 2.80 bits per heavy atom. The second-order valence-electron chi connectivity index (χ2n) is 4.49. The number of nitrogens with one attached hydrogen (secondary N) is 1. The molecule has 0 atom stereocenters. The second kappa shape index (κ2) is 7.38. The highest BCUT2D eigenvalue weighted by molar-refractivity contribution is 5.76. The molecule has 20 heavy (non-hydrogen) atoms. The molecule has 0 aliphatic rings. The van der Waals surface area contributed by atoms with E-state index < -0.39 is 0 Å².